The van der Waals surface area contributed by atoms with Crippen LogP contribution < -0.4 is 0 Å². The van der Waals surface area contributed by atoms with Gasteiger partial charge in [0.05, 0.1) is 0 Å². The van der Waals surface area contributed by atoms with Gasteiger partial charge in [-0.2, -0.15) is 0 Å². The number of rotatable bonds is 9. The first-order valence-electron chi connectivity index (χ1n) is 12.6. The number of unbranched alkanes of at least 4 members (excludes halogenated alkanes) is 4. The average molecular weight is 419 g/mol. The SMILES string of the molecule is CCCCCC[C@H]1CC[C@H](C#Cc2ccc(-c3ccc(CCCC)c(F)c3)cc2)CC1. The molecule has 0 atom stereocenters. The quantitative estimate of drug-likeness (QED) is 0.281. The van der Waals surface area contributed by atoms with Crippen molar-refractivity contribution in [3.8, 4) is 23.0 Å². The van der Waals surface area contributed by atoms with Crippen molar-refractivity contribution < 1.29 is 4.39 Å². The van der Waals surface area contributed by atoms with Crippen LogP contribution in [0.25, 0.3) is 11.1 Å². The molecule has 0 radical (unpaired) electrons. The first-order chi connectivity index (χ1) is 15.2. The molecule has 1 aliphatic carbocycles. The summed E-state index contributed by atoms with van der Waals surface area (Å²) in [5.74, 6) is 8.31. The maximum absolute atomic E-state index is 14.4. The molecule has 0 N–H and O–H groups in total. The molecule has 0 heterocycles. The van der Waals surface area contributed by atoms with Crippen molar-refractivity contribution in [1.29, 1.82) is 0 Å². The molecule has 1 fully saturated rings. The Bertz CT molecular complexity index is 844. The lowest BCUT2D eigenvalue weighted by Crippen LogP contribution is -2.13. The van der Waals surface area contributed by atoms with E-state index in [2.05, 4.69) is 50.0 Å². The molecule has 166 valence electrons. The van der Waals surface area contributed by atoms with Crippen LogP contribution in [-0.2, 0) is 6.42 Å². The van der Waals surface area contributed by atoms with Gasteiger partial charge in [0.25, 0.3) is 0 Å². The lowest BCUT2D eigenvalue weighted by molar-refractivity contribution is 0.294. The van der Waals surface area contributed by atoms with Crippen molar-refractivity contribution in [2.75, 3.05) is 0 Å². The van der Waals surface area contributed by atoms with E-state index < -0.39 is 0 Å². The molecule has 0 aliphatic heterocycles. The van der Waals surface area contributed by atoms with Gasteiger partial charge in [0.1, 0.15) is 5.82 Å². The van der Waals surface area contributed by atoms with Gasteiger partial charge in [-0.3, -0.25) is 0 Å². The van der Waals surface area contributed by atoms with E-state index in [1.807, 2.05) is 12.1 Å². The van der Waals surface area contributed by atoms with Crippen LogP contribution in [-0.4, -0.2) is 0 Å². The normalized spacial score (nSPS) is 18.4. The Balaban J connectivity index is 1.51. The summed E-state index contributed by atoms with van der Waals surface area (Å²) in [6.45, 7) is 4.42. The minimum atomic E-state index is -0.0872. The molecule has 1 aliphatic rings. The monoisotopic (exact) mass is 418 g/mol. The van der Waals surface area contributed by atoms with E-state index in [0.29, 0.717) is 5.92 Å². The molecule has 2 aromatic carbocycles. The van der Waals surface area contributed by atoms with Crippen LogP contribution in [0.15, 0.2) is 42.5 Å². The van der Waals surface area contributed by atoms with Gasteiger partial charge in [-0.15, -0.1) is 0 Å². The van der Waals surface area contributed by atoms with Crippen LogP contribution in [0.3, 0.4) is 0 Å². The second-order valence-corrected chi connectivity index (χ2v) is 9.32. The Morgan fingerprint density at radius 2 is 1.52 bits per heavy atom. The molecule has 1 heteroatoms. The molecule has 0 nitrogen and oxygen atoms in total. The molecule has 0 amide bonds. The molecule has 31 heavy (non-hydrogen) atoms. The number of aryl methyl sites for hydroxylation is 1. The van der Waals surface area contributed by atoms with Gasteiger partial charge in [0, 0.05) is 11.5 Å². The van der Waals surface area contributed by atoms with Gasteiger partial charge >= 0.3 is 0 Å². The molecule has 1 saturated carbocycles. The summed E-state index contributed by atoms with van der Waals surface area (Å²) in [6.07, 6.45) is 15.1. The fraction of sp³-hybridized carbons (Fsp3) is 0.533. The summed E-state index contributed by atoms with van der Waals surface area (Å²) in [7, 11) is 0. The maximum Gasteiger partial charge on any atom is 0.127 e. The lowest BCUT2D eigenvalue weighted by Gasteiger charge is -2.25. The zero-order chi connectivity index (χ0) is 21.9. The standard InChI is InChI=1S/C30H39F/c1-3-5-7-8-9-24-11-13-25(14-12-24)15-16-26-17-19-27(20-18-26)29-22-21-28(10-6-4-2)30(31)23-29/h17-25H,3-14H2,1-2H3/t24-,25-. The minimum Gasteiger partial charge on any atom is -0.207 e. The van der Waals surface area contributed by atoms with Gasteiger partial charge in [0.2, 0.25) is 0 Å². The van der Waals surface area contributed by atoms with Crippen LogP contribution in [0.4, 0.5) is 4.39 Å². The third kappa shape index (κ3) is 7.53. The second kappa shape index (κ2) is 12.7. The number of benzene rings is 2. The second-order valence-electron chi connectivity index (χ2n) is 9.32. The number of halogens is 1. The Morgan fingerprint density at radius 3 is 2.19 bits per heavy atom. The highest BCUT2D eigenvalue weighted by Gasteiger charge is 2.19. The summed E-state index contributed by atoms with van der Waals surface area (Å²) in [5, 5.41) is 0. The Hall–Kier alpha value is -2.07. The van der Waals surface area contributed by atoms with Gasteiger partial charge in [0.15, 0.2) is 0 Å². The topological polar surface area (TPSA) is 0 Å². The summed E-state index contributed by atoms with van der Waals surface area (Å²) in [4.78, 5) is 0. The molecule has 0 aromatic heterocycles. The van der Waals surface area contributed by atoms with Crippen molar-refractivity contribution in [3.05, 3.63) is 59.4 Å². The van der Waals surface area contributed by atoms with Crippen molar-refractivity contribution in [1.82, 2.24) is 0 Å². The summed E-state index contributed by atoms with van der Waals surface area (Å²) in [6, 6.07) is 13.9. The fourth-order valence-electron chi connectivity index (χ4n) is 4.68. The molecule has 0 spiro atoms. The Kier molecular flexibility index (Phi) is 9.67. The molecule has 3 rings (SSSR count). The third-order valence-corrected chi connectivity index (χ3v) is 6.80. The van der Waals surface area contributed by atoms with Crippen LogP contribution in [0, 0.1) is 29.5 Å². The molecule has 2 aromatic rings. The molecular weight excluding hydrogens is 379 g/mol. The highest BCUT2D eigenvalue weighted by Crippen LogP contribution is 2.32. The third-order valence-electron chi connectivity index (χ3n) is 6.80. The summed E-state index contributed by atoms with van der Waals surface area (Å²) >= 11 is 0. The summed E-state index contributed by atoms with van der Waals surface area (Å²) in [5.41, 5.74) is 3.87. The Labute approximate surface area is 189 Å². The highest BCUT2D eigenvalue weighted by molar-refractivity contribution is 5.65. The summed E-state index contributed by atoms with van der Waals surface area (Å²) < 4.78 is 14.4. The van der Waals surface area contributed by atoms with Gasteiger partial charge in [-0.25, -0.2) is 4.39 Å². The van der Waals surface area contributed by atoms with Crippen LogP contribution >= 0.6 is 0 Å². The van der Waals surface area contributed by atoms with Crippen LogP contribution in [0.1, 0.15) is 95.6 Å². The maximum atomic E-state index is 14.4. The number of hydrogen-bond acceptors (Lipinski definition) is 0. The first kappa shape index (κ1) is 23.6. The zero-order valence-corrected chi connectivity index (χ0v) is 19.6. The van der Waals surface area contributed by atoms with Gasteiger partial charge in [-0.05, 0) is 79.3 Å². The number of hydrogen-bond donors (Lipinski definition) is 0. The van der Waals surface area contributed by atoms with E-state index >= 15 is 0 Å². The smallest absolute Gasteiger partial charge is 0.127 e. The highest BCUT2D eigenvalue weighted by atomic mass is 19.1. The van der Waals surface area contributed by atoms with Gasteiger partial charge < -0.3 is 0 Å². The van der Waals surface area contributed by atoms with Crippen molar-refractivity contribution in [2.45, 2.75) is 90.9 Å². The van der Waals surface area contributed by atoms with Crippen LogP contribution in [0.2, 0.25) is 0 Å². The molecule has 0 bridgehead atoms. The van der Waals surface area contributed by atoms with E-state index in [-0.39, 0.29) is 5.82 Å². The van der Waals surface area contributed by atoms with Crippen molar-refractivity contribution in [2.24, 2.45) is 11.8 Å². The molecule has 0 saturated heterocycles. The predicted octanol–water partition coefficient (Wildman–Crippen LogP) is 8.96. The van der Waals surface area contributed by atoms with Crippen molar-refractivity contribution in [3.63, 3.8) is 0 Å². The largest absolute Gasteiger partial charge is 0.207 e. The average Bonchev–Trinajstić information content (AvgIpc) is 2.81. The van der Waals surface area contributed by atoms with E-state index in [0.717, 1.165) is 47.4 Å². The first-order valence-corrected chi connectivity index (χ1v) is 12.6. The van der Waals surface area contributed by atoms with E-state index in [4.69, 9.17) is 0 Å². The fourth-order valence-corrected chi connectivity index (χ4v) is 4.68. The predicted molar refractivity (Wildman–Crippen MR) is 132 cm³/mol. The van der Waals surface area contributed by atoms with Gasteiger partial charge in [-0.1, -0.05) is 88.5 Å². The van der Waals surface area contributed by atoms with E-state index in [9.17, 15) is 4.39 Å². The van der Waals surface area contributed by atoms with Crippen molar-refractivity contribution >= 4 is 0 Å². The molecule has 0 unspecified atom stereocenters. The lowest BCUT2D eigenvalue weighted by atomic mass is 9.80. The molecular formula is C30H39F. The van der Waals surface area contributed by atoms with E-state index in [1.54, 1.807) is 6.07 Å². The zero-order valence-electron chi connectivity index (χ0n) is 19.6. The van der Waals surface area contributed by atoms with Crippen LogP contribution in [0.5, 0.6) is 0 Å². The minimum absolute atomic E-state index is 0.0872. The Morgan fingerprint density at radius 1 is 0.806 bits per heavy atom. The van der Waals surface area contributed by atoms with E-state index in [1.165, 1.54) is 57.8 Å².